The molecule has 2 aromatic rings. The lowest BCUT2D eigenvalue weighted by Crippen LogP contribution is -2.36. The molecule has 0 saturated carbocycles. The van der Waals surface area contributed by atoms with E-state index in [4.69, 9.17) is 17.3 Å². The zero-order valence-corrected chi connectivity index (χ0v) is 14.2. The van der Waals surface area contributed by atoms with E-state index in [-0.39, 0.29) is 16.0 Å². The largest absolute Gasteiger partial charge is 0.399 e. The fraction of sp³-hybridized carbons (Fsp3) is 0.286. The SMILES string of the molecule is CC(C)N(Cc1cccs1)S(=O)(=O)c1cc(N)ccc1Cl. The van der Waals surface area contributed by atoms with E-state index in [0.717, 1.165) is 4.88 Å². The third kappa shape index (κ3) is 3.58. The van der Waals surface area contributed by atoms with E-state index in [1.165, 1.54) is 27.8 Å². The Balaban J connectivity index is 2.45. The highest BCUT2D eigenvalue weighted by molar-refractivity contribution is 7.89. The van der Waals surface area contributed by atoms with Crippen molar-refractivity contribution in [3.63, 3.8) is 0 Å². The van der Waals surface area contributed by atoms with Gasteiger partial charge in [-0.1, -0.05) is 17.7 Å². The summed E-state index contributed by atoms with van der Waals surface area (Å²) in [5, 5.41) is 2.11. The number of sulfonamides is 1. The van der Waals surface area contributed by atoms with Gasteiger partial charge in [-0.2, -0.15) is 4.31 Å². The molecule has 0 amide bonds. The number of hydrogen-bond acceptors (Lipinski definition) is 4. The Hall–Kier alpha value is -1.08. The predicted molar refractivity (Wildman–Crippen MR) is 88.0 cm³/mol. The first-order valence-electron chi connectivity index (χ1n) is 6.41. The van der Waals surface area contributed by atoms with Gasteiger partial charge in [0.15, 0.2) is 0 Å². The lowest BCUT2D eigenvalue weighted by atomic mass is 10.3. The second-order valence-electron chi connectivity index (χ2n) is 4.91. The number of benzene rings is 1. The highest BCUT2D eigenvalue weighted by Crippen LogP contribution is 2.29. The van der Waals surface area contributed by atoms with E-state index in [9.17, 15) is 8.42 Å². The van der Waals surface area contributed by atoms with Crippen LogP contribution in [-0.2, 0) is 16.6 Å². The number of nitrogen functional groups attached to an aromatic ring is 1. The summed E-state index contributed by atoms with van der Waals surface area (Å²) in [5.74, 6) is 0. The summed E-state index contributed by atoms with van der Waals surface area (Å²) in [6.45, 7) is 4.00. The lowest BCUT2D eigenvalue weighted by Gasteiger charge is -2.26. The minimum atomic E-state index is -3.70. The lowest BCUT2D eigenvalue weighted by molar-refractivity contribution is 0.350. The Labute approximate surface area is 134 Å². The second kappa shape index (κ2) is 6.36. The van der Waals surface area contributed by atoms with Crippen molar-refractivity contribution in [3.05, 3.63) is 45.6 Å². The number of nitrogens with two attached hydrogens (primary N) is 1. The number of rotatable bonds is 5. The minimum absolute atomic E-state index is 0.0504. The molecule has 2 N–H and O–H groups in total. The van der Waals surface area contributed by atoms with Crippen LogP contribution in [0.25, 0.3) is 0 Å². The molecular weight excluding hydrogens is 328 g/mol. The maximum atomic E-state index is 12.9. The molecule has 0 atom stereocenters. The van der Waals surface area contributed by atoms with E-state index in [1.54, 1.807) is 6.07 Å². The molecule has 4 nitrogen and oxygen atoms in total. The molecule has 0 aliphatic carbocycles. The fourth-order valence-electron chi connectivity index (χ4n) is 1.95. The zero-order valence-electron chi connectivity index (χ0n) is 11.8. The molecule has 1 aromatic carbocycles. The highest BCUT2D eigenvalue weighted by atomic mass is 35.5. The van der Waals surface area contributed by atoms with Crippen LogP contribution in [0, 0.1) is 0 Å². The molecule has 0 saturated heterocycles. The van der Waals surface area contributed by atoms with Crippen LogP contribution in [0.1, 0.15) is 18.7 Å². The first kappa shape index (κ1) is 16.3. The Bertz CT molecular complexity index is 713. The number of hydrogen-bond donors (Lipinski definition) is 1. The Morgan fingerprint density at radius 1 is 1.33 bits per heavy atom. The summed E-state index contributed by atoms with van der Waals surface area (Å²) in [6.07, 6.45) is 0. The fourth-order valence-corrected chi connectivity index (χ4v) is 4.86. The first-order valence-corrected chi connectivity index (χ1v) is 9.11. The molecule has 0 aliphatic rings. The normalized spacial score (nSPS) is 12.2. The summed E-state index contributed by atoms with van der Waals surface area (Å²) in [5.41, 5.74) is 6.07. The van der Waals surface area contributed by atoms with Gasteiger partial charge in [-0.3, -0.25) is 0 Å². The molecule has 0 radical (unpaired) electrons. The van der Waals surface area contributed by atoms with Gasteiger partial charge in [0.1, 0.15) is 4.90 Å². The van der Waals surface area contributed by atoms with Crippen molar-refractivity contribution in [2.24, 2.45) is 0 Å². The topological polar surface area (TPSA) is 63.4 Å². The Morgan fingerprint density at radius 2 is 2.05 bits per heavy atom. The number of halogens is 1. The maximum absolute atomic E-state index is 12.9. The van der Waals surface area contributed by atoms with Gasteiger partial charge in [-0.25, -0.2) is 8.42 Å². The quantitative estimate of drug-likeness (QED) is 0.843. The summed E-state index contributed by atoms with van der Waals surface area (Å²) >= 11 is 7.58. The van der Waals surface area contributed by atoms with Crippen LogP contribution in [-0.4, -0.2) is 18.8 Å². The van der Waals surface area contributed by atoms with Crippen molar-refractivity contribution in [2.45, 2.75) is 31.3 Å². The molecule has 21 heavy (non-hydrogen) atoms. The first-order chi connectivity index (χ1) is 9.82. The van der Waals surface area contributed by atoms with Crippen LogP contribution in [0.2, 0.25) is 5.02 Å². The van der Waals surface area contributed by atoms with Gasteiger partial charge >= 0.3 is 0 Å². The zero-order chi connectivity index (χ0) is 15.6. The van der Waals surface area contributed by atoms with E-state index in [2.05, 4.69) is 0 Å². The second-order valence-corrected chi connectivity index (χ2v) is 8.21. The molecule has 1 aromatic heterocycles. The van der Waals surface area contributed by atoms with Gasteiger partial charge in [0.2, 0.25) is 10.0 Å². The molecule has 7 heteroatoms. The van der Waals surface area contributed by atoms with E-state index in [0.29, 0.717) is 12.2 Å². The van der Waals surface area contributed by atoms with Gasteiger partial charge in [-0.05, 0) is 43.5 Å². The minimum Gasteiger partial charge on any atom is -0.399 e. The van der Waals surface area contributed by atoms with Gasteiger partial charge in [0, 0.05) is 23.2 Å². The van der Waals surface area contributed by atoms with Crippen LogP contribution in [0.5, 0.6) is 0 Å². The van der Waals surface area contributed by atoms with Crippen LogP contribution in [0.4, 0.5) is 5.69 Å². The van der Waals surface area contributed by atoms with Crippen LogP contribution in [0.3, 0.4) is 0 Å². The number of nitrogens with zero attached hydrogens (tertiary/aromatic N) is 1. The molecule has 0 bridgehead atoms. The van der Waals surface area contributed by atoms with Crippen LogP contribution < -0.4 is 5.73 Å². The number of anilines is 1. The molecule has 0 aliphatic heterocycles. The van der Waals surface area contributed by atoms with Crippen LogP contribution >= 0.6 is 22.9 Å². The Morgan fingerprint density at radius 3 is 2.62 bits per heavy atom. The Kier molecular flexibility index (Phi) is 4.93. The average molecular weight is 345 g/mol. The smallest absolute Gasteiger partial charge is 0.245 e. The van der Waals surface area contributed by atoms with Crippen molar-refractivity contribution in [1.82, 2.24) is 4.31 Å². The van der Waals surface area contributed by atoms with Gasteiger partial charge in [-0.15, -0.1) is 11.3 Å². The third-order valence-corrected chi connectivity index (χ3v) is 6.37. The van der Waals surface area contributed by atoms with Crippen molar-refractivity contribution >= 4 is 38.6 Å². The molecular formula is C14H17ClN2O2S2. The molecule has 2 rings (SSSR count). The summed E-state index contributed by atoms with van der Waals surface area (Å²) in [6, 6.07) is 8.12. The van der Waals surface area contributed by atoms with Gasteiger partial charge in [0.25, 0.3) is 0 Å². The molecule has 0 unspecified atom stereocenters. The molecule has 114 valence electrons. The van der Waals surface area contributed by atoms with E-state index in [1.807, 2.05) is 31.4 Å². The van der Waals surface area contributed by atoms with Gasteiger partial charge in [0.05, 0.1) is 5.02 Å². The van der Waals surface area contributed by atoms with Crippen molar-refractivity contribution < 1.29 is 8.42 Å². The molecule has 0 spiro atoms. The highest BCUT2D eigenvalue weighted by Gasteiger charge is 2.29. The monoisotopic (exact) mass is 344 g/mol. The van der Waals surface area contributed by atoms with Gasteiger partial charge < -0.3 is 5.73 Å². The van der Waals surface area contributed by atoms with Crippen molar-refractivity contribution in [2.75, 3.05) is 5.73 Å². The summed E-state index contributed by atoms with van der Waals surface area (Å²) < 4.78 is 27.2. The van der Waals surface area contributed by atoms with Crippen LogP contribution in [0.15, 0.2) is 40.6 Å². The van der Waals surface area contributed by atoms with Crippen molar-refractivity contribution in [3.8, 4) is 0 Å². The number of thiophene rings is 1. The summed E-state index contributed by atoms with van der Waals surface area (Å²) in [4.78, 5) is 1.03. The molecule has 1 heterocycles. The third-order valence-electron chi connectivity index (χ3n) is 3.01. The average Bonchev–Trinajstić information content (AvgIpc) is 2.91. The van der Waals surface area contributed by atoms with Crippen molar-refractivity contribution in [1.29, 1.82) is 0 Å². The molecule has 0 fully saturated rings. The summed E-state index contributed by atoms with van der Waals surface area (Å²) in [7, 11) is -3.70. The predicted octanol–water partition coefficient (Wildman–Crippen LogP) is 3.58. The van der Waals surface area contributed by atoms with E-state index < -0.39 is 10.0 Å². The standard InChI is InChI=1S/C14H17ClN2O2S2/c1-10(2)17(9-12-4-3-7-20-12)21(18,19)14-8-11(16)5-6-13(14)15/h3-8,10H,9,16H2,1-2H3. The maximum Gasteiger partial charge on any atom is 0.245 e. The van der Waals surface area contributed by atoms with E-state index >= 15 is 0 Å².